The van der Waals surface area contributed by atoms with E-state index in [1.54, 1.807) is 35.5 Å². The summed E-state index contributed by atoms with van der Waals surface area (Å²) in [6, 6.07) is 0. The van der Waals surface area contributed by atoms with Crippen LogP contribution in [0.1, 0.15) is 0 Å². The van der Waals surface area contributed by atoms with Crippen molar-refractivity contribution >= 4 is 33.6 Å². The van der Waals surface area contributed by atoms with E-state index >= 15 is 0 Å². The fraction of sp³-hybridized carbons (Fsp3) is 0.200. The van der Waals surface area contributed by atoms with Crippen LogP contribution >= 0.6 is 23.5 Å². The Labute approximate surface area is 98.3 Å². The topological polar surface area (TPSA) is 50.7 Å². The highest BCUT2D eigenvalue weighted by atomic mass is 32.2. The SMILES string of the molecule is C=CS\C(=N/C=C/C=C/N)C1=NCCS1. The molecule has 5 heteroatoms. The van der Waals surface area contributed by atoms with E-state index in [2.05, 4.69) is 16.6 Å². The Morgan fingerprint density at radius 3 is 3.07 bits per heavy atom. The van der Waals surface area contributed by atoms with E-state index in [4.69, 9.17) is 5.73 Å². The molecule has 2 N–H and O–H groups in total. The van der Waals surface area contributed by atoms with Gasteiger partial charge in [0.25, 0.3) is 0 Å². The highest BCUT2D eigenvalue weighted by molar-refractivity contribution is 8.26. The van der Waals surface area contributed by atoms with Crippen molar-refractivity contribution in [3.63, 3.8) is 0 Å². The monoisotopic (exact) mass is 239 g/mol. The molecule has 0 aromatic heterocycles. The van der Waals surface area contributed by atoms with Crippen molar-refractivity contribution in [3.8, 4) is 0 Å². The Bertz CT molecular complexity index is 330. The van der Waals surface area contributed by atoms with E-state index in [0.717, 1.165) is 22.4 Å². The molecule has 3 nitrogen and oxygen atoms in total. The maximum absolute atomic E-state index is 5.20. The number of rotatable bonds is 4. The van der Waals surface area contributed by atoms with Crippen LogP contribution in [0.25, 0.3) is 0 Å². The first kappa shape index (κ1) is 12.1. The summed E-state index contributed by atoms with van der Waals surface area (Å²) in [5.74, 6) is 1.04. The molecule has 1 heterocycles. The zero-order valence-corrected chi connectivity index (χ0v) is 9.93. The lowest BCUT2D eigenvalue weighted by Crippen LogP contribution is -2.01. The summed E-state index contributed by atoms with van der Waals surface area (Å²) in [6.07, 6.45) is 6.68. The molecule has 0 aromatic rings. The molecule has 0 aliphatic carbocycles. The minimum atomic E-state index is 0.878. The van der Waals surface area contributed by atoms with E-state index < -0.39 is 0 Å². The number of nitrogens with zero attached hydrogens (tertiary/aromatic N) is 2. The third-order valence-electron chi connectivity index (χ3n) is 1.46. The Hall–Kier alpha value is -0.940. The van der Waals surface area contributed by atoms with Gasteiger partial charge in [-0.15, -0.1) is 11.8 Å². The van der Waals surface area contributed by atoms with Gasteiger partial charge in [-0.25, -0.2) is 4.99 Å². The average Bonchev–Trinajstić information content (AvgIpc) is 2.76. The average molecular weight is 239 g/mol. The van der Waals surface area contributed by atoms with Gasteiger partial charge in [0.05, 0.1) is 0 Å². The second kappa shape index (κ2) is 7.36. The van der Waals surface area contributed by atoms with Gasteiger partial charge in [-0.1, -0.05) is 18.3 Å². The predicted molar refractivity (Wildman–Crippen MR) is 72.5 cm³/mol. The molecule has 0 amide bonds. The van der Waals surface area contributed by atoms with Crippen molar-refractivity contribution in [1.29, 1.82) is 0 Å². The van der Waals surface area contributed by atoms with Crippen molar-refractivity contribution in [2.24, 2.45) is 15.7 Å². The van der Waals surface area contributed by atoms with Crippen LogP contribution in [0.3, 0.4) is 0 Å². The minimum absolute atomic E-state index is 0.878. The second-order valence-electron chi connectivity index (χ2n) is 2.48. The van der Waals surface area contributed by atoms with Crippen molar-refractivity contribution in [3.05, 3.63) is 36.5 Å². The third-order valence-corrected chi connectivity index (χ3v) is 3.26. The molecular formula is C10H13N3S2. The second-order valence-corrected chi connectivity index (χ2v) is 4.52. The lowest BCUT2D eigenvalue weighted by atomic mass is 10.6. The van der Waals surface area contributed by atoms with Crippen molar-refractivity contribution in [1.82, 2.24) is 0 Å². The Kier molecular flexibility index (Phi) is 5.96. The summed E-state index contributed by atoms with van der Waals surface area (Å²) >= 11 is 3.22. The fourth-order valence-electron chi connectivity index (χ4n) is 0.904. The van der Waals surface area contributed by atoms with E-state index in [1.165, 1.54) is 18.0 Å². The molecule has 80 valence electrons. The molecule has 1 aliphatic rings. The summed E-state index contributed by atoms with van der Waals surface area (Å²) in [5.41, 5.74) is 5.20. The molecule has 0 saturated carbocycles. The van der Waals surface area contributed by atoms with Crippen molar-refractivity contribution in [2.45, 2.75) is 0 Å². The summed E-state index contributed by atoms with van der Waals surface area (Å²) in [5, 5.41) is 3.66. The summed E-state index contributed by atoms with van der Waals surface area (Å²) < 4.78 is 0. The molecule has 15 heavy (non-hydrogen) atoms. The minimum Gasteiger partial charge on any atom is -0.405 e. The van der Waals surface area contributed by atoms with Gasteiger partial charge in [-0.05, 0) is 23.8 Å². The van der Waals surface area contributed by atoms with Crippen LogP contribution in [0.15, 0.2) is 46.5 Å². The lowest BCUT2D eigenvalue weighted by molar-refractivity contribution is 1.18. The number of allylic oxidation sites excluding steroid dienone is 2. The fourth-order valence-corrected chi connectivity index (χ4v) is 2.40. The van der Waals surface area contributed by atoms with Gasteiger partial charge >= 0.3 is 0 Å². The lowest BCUT2D eigenvalue weighted by Gasteiger charge is -1.98. The number of nitrogens with two attached hydrogens (primary N) is 1. The van der Waals surface area contributed by atoms with E-state index in [1.807, 2.05) is 0 Å². The van der Waals surface area contributed by atoms with Crippen LogP contribution in [0, 0.1) is 0 Å². The van der Waals surface area contributed by atoms with Crippen molar-refractivity contribution < 1.29 is 0 Å². The Morgan fingerprint density at radius 1 is 1.60 bits per heavy atom. The van der Waals surface area contributed by atoms with Crippen LogP contribution in [0.4, 0.5) is 0 Å². The molecule has 0 atom stereocenters. The normalized spacial score (nSPS) is 17.6. The van der Waals surface area contributed by atoms with Crippen molar-refractivity contribution in [2.75, 3.05) is 12.3 Å². The molecule has 0 spiro atoms. The number of thioether (sulfide) groups is 2. The van der Waals surface area contributed by atoms with Crippen LogP contribution in [0.5, 0.6) is 0 Å². The van der Waals surface area contributed by atoms with Gasteiger partial charge in [0.1, 0.15) is 10.1 Å². The maximum Gasteiger partial charge on any atom is 0.132 e. The van der Waals surface area contributed by atoms with Gasteiger partial charge in [-0.3, -0.25) is 4.99 Å². The molecular weight excluding hydrogens is 226 g/mol. The number of hydrogen-bond acceptors (Lipinski definition) is 5. The first-order valence-corrected chi connectivity index (χ1v) is 6.31. The molecule has 0 bridgehead atoms. The van der Waals surface area contributed by atoms with Crippen LogP contribution in [0.2, 0.25) is 0 Å². The predicted octanol–water partition coefficient (Wildman–Crippen LogP) is 2.39. The van der Waals surface area contributed by atoms with E-state index in [9.17, 15) is 0 Å². The van der Waals surface area contributed by atoms with Gasteiger partial charge in [0, 0.05) is 18.5 Å². The largest absolute Gasteiger partial charge is 0.405 e. The summed E-state index contributed by atoms with van der Waals surface area (Å²) in [4.78, 5) is 8.66. The van der Waals surface area contributed by atoms with Gasteiger partial charge < -0.3 is 5.73 Å². The zero-order chi connectivity index (χ0) is 10.9. The smallest absolute Gasteiger partial charge is 0.132 e. The maximum atomic E-state index is 5.20. The molecule has 1 rings (SSSR count). The van der Waals surface area contributed by atoms with Gasteiger partial charge in [-0.2, -0.15) is 0 Å². The Balaban J connectivity index is 2.67. The standard InChI is InChI=1S/C10H13N3S2/c1-2-14-9(10-13-7-8-15-10)12-6-4-3-5-11/h2-6H,1,7-8,11H2/b5-3+,6-4+,12-9-. The third kappa shape index (κ3) is 4.40. The van der Waals surface area contributed by atoms with Gasteiger partial charge in [0.2, 0.25) is 0 Å². The number of hydrogen-bond donors (Lipinski definition) is 1. The van der Waals surface area contributed by atoms with Gasteiger partial charge in [0.15, 0.2) is 0 Å². The summed E-state index contributed by atoms with van der Waals surface area (Å²) in [7, 11) is 0. The molecule has 0 saturated heterocycles. The first-order valence-electron chi connectivity index (χ1n) is 4.45. The van der Waals surface area contributed by atoms with E-state index in [0.29, 0.717) is 0 Å². The first-order chi connectivity index (χ1) is 7.38. The molecule has 0 radical (unpaired) electrons. The molecule has 0 aromatic carbocycles. The Morgan fingerprint density at radius 2 is 2.47 bits per heavy atom. The highest BCUT2D eigenvalue weighted by Crippen LogP contribution is 2.19. The number of aliphatic imine (C=N–C) groups is 2. The van der Waals surface area contributed by atoms with Crippen LogP contribution in [-0.2, 0) is 0 Å². The van der Waals surface area contributed by atoms with Crippen LogP contribution < -0.4 is 5.73 Å². The summed E-state index contributed by atoms with van der Waals surface area (Å²) in [6.45, 7) is 4.55. The molecule has 1 aliphatic heterocycles. The van der Waals surface area contributed by atoms with E-state index in [-0.39, 0.29) is 0 Å². The highest BCUT2D eigenvalue weighted by Gasteiger charge is 2.12. The van der Waals surface area contributed by atoms with Crippen LogP contribution in [-0.4, -0.2) is 22.4 Å². The quantitative estimate of drug-likeness (QED) is 0.465. The molecule has 0 unspecified atom stereocenters. The molecule has 0 fully saturated rings. The zero-order valence-electron chi connectivity index (χ0n) is 8.30.